The Bertz CT molecular complexity index is 999. The van der Waals surface area contributed by atoms with Crippen molar-refractivity contribution in [2.24, 2.45) is 0 Å². The number of carbonyl (C=O) groups is 1. The molecule has 6 heteroatoms. The number of para-hydroxylation sites is 1. The SMILES string of the molecule is N#C/C(=C/c1c[nH]c2ccccc12)C(=O)Nc1cc(Cl)ccc1Cl. The van der Waals surface area contributed by atoms with Crippen LogP contribution in [0.3, 0.4) is 0 Å². The quantitative estimate of drug-likeness (QED) is 0.511. The predicted octanol–water partition coefficient (Wildman–Crippen LogP) is 5.02. The number of fused-ring (bicyclic) bond motifs is 1. The number of nitrogens with one attached hydrogen (secondary N) is 2. The largest absolute Gasteiger partial charge is 0.361 e. The fourth-order valence-corrected chi connectivity index (χ4v) is 2.64. The van der Waals surface area contributed by atoms with Crippen LogP contribution in [0.25, 0.3) is 17.0 Å². The van der Waals surface area contributed by atoms with Crippen molar-refractivity contribution in [2.75, 3.05) is 5.32 Å². The first-order valence-electron chi connectivity index (χ1n) is 7.03. The minimum atomic E-state index is -0.549. The lowest BCUT2D eigenvalue weighted by Gasteiger charge is -2.06. The molecule has 3 rings (SSSR count). The Labute approximate surface area is 148 Å². The smallest absolute Gasteiger partial charge is 0.266 e. The maximum Gasteiger partial charge on any atom is 0.266 e. The van der Waals surface area contributed by atoms with E-state index in [1.807, 2.05) is 30.3 Å². The van der Waals surface area contributed by atoms with Gasteiger partial charge in [-0.15, -0.1) is 0 Å². The number of hydrogen-bond donors (Lipinski definition) is 2. The number of carbonyl (C=O) groups excluding carboxylic acids is 1. The van der Waals surface area contributed by atoms with Gasteiger partial charge < -0.3 is 10.3 Å². The molecule has 0 aliphatic carbocycles. The molecule has 0 saturated carbocycles. The summed E-state index contributed by atoms with van der Waals surface area (Å²) in [5, 5.41) is 13.6. The third-order valence-corrected chi connectivity index (χ3v) is 4.03. The molecular weight excluding hydrogens is 345 g/mol. The summed E-state index contributed by atoms with van der Waals surface area (Å²) in [5.74, 6) is -0.549. The molecule has 1 heterocycles. The van der Waals surface area contributed by atoms with Gasteiger partial charge >= 0.3 is 0 Å². The molecule has 0 aliphatic heterocycles. The summed E-state index contributed by atoms with van der Waals surface area (Å²) in [6.45, 7) is 0. The van der Waals surface area contributed by atoms with E-state index in [-0.39, 0.29) is 5.57 Å². The first-order chi connectivity index (χ1) is 11.6. The number of H-pyrrole nitrogens is 1. The fourth-order valence-electron chi connectivity index (χ4n) is 2.30. The highest BCUT2D eigenvalue weighted by Crippen LogP contribution is 2.26. The van der Waals surface area contributed by atoms with Gasteiger partial charge in [0.1, 0.15) is 11.6 Å². The second-order valence-corrected chi connectivity index (χ2v) is 5.88. The molecule has 0 unspecified atom stereocenters. The number of nitrogens with zero attached hydrogens (tertiary/aromatic N) is 1. The van der Waals surface area contributed by atoms with Crippen molar-refractivity contribution in [3.8, 4) is 6.07 Å². The molecule has 0 bridgehead atoms. The Kier molecular flexibility index (Phi) is 4.57. The number of amides is 1. The van der Waals surface area contributed by atoms with Gasteiger partial charge in [0.05, 0.1) is 10.7 Å². The summed E-state index contributed by atoms with van der Waals surface area (Å²) in [6, 6.07) is 14.3. The summed E-state index contributed by atoms with van der Waals surface area (Å²) in [7, 11) is 0. The number of rotatable bonds is 3. The molecule has 0 fully saturated rings. The molecule has 24 heavy (non-hydrogen) atoms. The lowest BCUT2D eigenvalue weighted by Crippen LogP contribution is -2.13. The highest BCUT2D eigenvalue weighted by atomic mass is 35.5. The van der Waals surface area contributed by atoms with Crippen molar-refractivity contribution < 1.29 is 4.79 Å². The van der Waals surface area contributed by atoms with Crippen molar-refractivity contribution in [1.82, 2.24) is 4.98 Å². The fraction of sp³-hybridized carbons (Fsp3) is 0. The van der Waals surface area contributed by atoms with Gasteiger partial charge in [0.2, 0.25) is 0 Å². The Morgan fingerprint density at radius 2 is 2.00 bits per heavy atom. The molecule has 0 atom stereocenters. The third kappa shape index (κ3) is 3.28. The van der Waals surface area contributed by atoms with E-state index in [1.165, 1.54) is 12.1 Å². The summed E-state index contributed by atoms with van der Waals surface area (Å²) >= 11 is 11.9. The van der Waals surface area contributed by atoms with Crippen molar-refractivity contribution >= 4 is 51.8 Å². The molecule has 4 nitrogen and oxygen atoms in total. The minimum Gasteiger partial charge on any atom is -0.361 e. The first kappa shape index (κ1) is 16.1. The van der Waals surface area contributed by atoms with Gasteiger partial charge in [0.25, 0.3) is 5.91 Å². The van der Waals surface area contributed by atoms with Crippen LogP contribution in [0.15, 0.2) is 54.2 Å². The minimum absolute atomic E-state index is 0.0317. The first-order valence-corrected chi connectivity index (χ1v) is 7.78. The molecule has 2 aromatic carbocycles. The lowest BCUT2D eigenvalue weighted by molar-refractivity contribution is -0.112. The number of hydrogen-bond acceptors (Lipinski definition) is 2. The molecule has 118 valence electrons. The second-order valence-electron chi connectivity index (χ2n) is 5.04. The monoisotopic (exact) mass is 355 g/mol. The van der Waals surface area contributed by atoms with E-state index in [4.69, 9.17) is 23.2 Å². The van der Waals surface area contributed by atoms with E-state index in [0.29, 0.717) is 15.7 Å². The van der Waals surface area contributed by atoms with E-state index in [1.54, 1.807) is 18.3 Å². The Hall–Kier alpha value is -2.74. The molecule has 0 spiro atoms. The molecule has 0 radical (unpaired) electrons. The van der Waals surface area contributed by atoms with Crippen LogP contribution in [-0.4, -0.2) is 10.9 Å². The number of nitriles is 1. The van der Waals surface area contributed by atoms with E-state index in [9.17, 15) is 10.1 Å². The van der Waals surface area contributed by atoms with Gasteiger partial charge in [-0.1, -0.05) is 41.4 Å². The van der Waals surface area contributed by atoms with Gasteiger partial charge in [0, 0.05) is 27.7 Å². The van der Waals surface area contributed by atoms with Crippen molar-refractivity contribution in [3.63, 3.8) is 0 Å². The molecule has 2 N–H and O–H groups in total. The van der Waals surface area contributed by atoms with E-state index in [0.717, 1.165) is 16.5 Å². The summed E-state index contributed by atoms with van der Waals surface area (Å²) in [4.78, 5) is 15.5. The molecule has 3 aromatic rings. The van der Waals surface area contributed by atoms with Crippen LogP contribution in [0, 0.1) is 11.3 Å². The van der Waals surface area contributed by atoms with Gasteiger partial charge in [0.15, 0.2) is 0 Å². The summed E-state index contributed by atoms with van der Waals surface area (Å²) in [5.41, 5.74) is 2.01. The zero-order valence-corrected chi connectivity index (χ0v) is 13.8. The second kappa shape index (κ2) is 6.79. The third-order valence-electron chi connectivity index (χ3n) is 3.46. The molecular formula is C18H11Cl2N3O. The predicted molar refractivity (Wildman–Crippen MR) is 97.0 cm³/mol. The zero-order valence-electron chi connectivity index (χ0n) is 12.3. The molecule has 1 amide bonds. The van der Waals surface area contributed by atoms with Crippen molar-refractivity contribution in [1.29, 1.82) is 5.26 Å². The Morgan fingerprint density at radius 1 is 1.21 bits per heavy atom. The Balaban J connectivity index is 1.92. The van der Waals surface area contributed by atoms with E-state index >= 15 is 0 Å². The normalized spacial score (nSPS) is 11.3. The number of aromatic amines is 1. The van der Waals surface area contributed by atoms with Crippen LogP contribution in [0.5, 0.6) is 0 Å². The van der Waals surface area contributed by atoms with Crippen LogP contribution in [0.4, 0.5) is 5.69 Å². The standard InChI is InChI=1S/C18H11Cl2N3O/c19-13-5-6-15(20)17(8-13)23-18(24)11(9-21)7-12-10-22-16-4-2-1-3-14(12)16/h1-8,10,22H,(H,23,24)/b11-7-. The van der Waals surface area contributed by atoms with Crippen LogP contribution in [0.1, 0.15) is 5.56 Å². The Morgan fingerprint density at radius 3 is 2.79 bits per heavy atom. The van der Waals surface area contributed by atoms with Crippen molar-refractivity contribution in [2.45, 2.75) is 0 Å². The average molecular weight is 356 g/mol. The maximum absolute atomic E-state index is 12.4. The number of benzene rings is 2. The molecule has 1 aromatic heterocycles. The van der Waals surface area contributed by atoms with Crippen LogP contribution >= 0.6 is 23.2 Å². The van der Waals surface area contributed by atoms with Gasteiger partial charge in [-0.05, 0) is 30.3 Å². The van der Waals surface area contributed by atoms with E-state index in [2.05, 4.69) is 10.3 Å². The summed E-state index contributed by atoms with van der Waals surface area (Å²) in [6.07, 6.45) is 3.29. The number of aromatic nitrogens is 1. The van der Waals surface area contributed by atoms with E-state index < -0.39 is 5.91 Å². The number of anilines is 1. The van der Waals surface area contributed by atoms with Gasteiger partial charge in [-0.3, -0.25) is 4.79 Å². The van der Waals surface area contributed by atoms with Gasteiger partial charge in [-0.25, -0.2) is 0 Å². The zero-order chi connectivity index (χ0) is 17.1. The van der Waals surface area contributed by atoms with Gasteiger partial charge in [-0.2, -0.15) is 5.26 Å². The highest BCUT2D eigenvalue weighted by Gasteiger charge is 2.13. The van der Waals surface area contributed by atoms with Crippen LogP contribution in [0.2, 0.25) is 10.0 Å². The molecule has 0 aliphatic rings. The maximum atomic E-state index is 12.4. The molecule has 0 saturated heterocycles. The topological polar surface area (TPSA) is 68.7 Å². The average Bonchev–Trinajstić information content (AvgIpc) is 2.99. The lowest BCUT2D eigenvalue weighted by atomic mass is 10.1. The van der Waals surface area contributed by atoms with Crippen LogP contribution in [-0.2, 0) is 4.79 Å². The number of halogens is 2. The summed E-state index contributed by atoms with van der Waals surface area (Å²) < 4.78 is 0. The highest BCUT2D eigenvalue weighted by molar-refractivity contribution is 6.36. The van der Waals surface area contributed by atoms with Crippen LogP contribution < -0.4 is 5.32 Å². The van der Waals surface area contributed by atoms with Crippen molar-refractivity contribution in [3.05, 3.63) is 69.8 Å².